The number of benzene rings is 2. The number of carbonyl (C=O) groups is 4. The first kappa shape index (κ1) is 33.5. The summed E-state index contributed by atoms with van der Waals surface area (Å²) in [4.78, 5) is 70.0. The van der Waals surface area contributed by atoms with Crippen molar-refractivity contribution in [3.63, 3.8) is 0 Å². The molecule has 4 aliphatic rings. The van der Waals surface area contributed by atoms with Crippen LogP contribution in [0.3, 0.4) is 0 Å². The monoisotopic (exact) mass is 684 g/mol. The Morgan fingerprint density at radius 3 is 2.34 bits per heavy atom. The minimum Gasteiger partial charge on any atom is -0.379 e. The predicted molar refractivity (Wildman–Crippen MR) is 183 cm³/mol. The predicted octanol–water partition coefficient (Wildman–Crippen LogP) is 1.85. The Balaban J connectivity index is 0.953. The normalized spacial score (nSPS) is 23.3. The van der Waals surface area contributed by atoms with Crippen molar-refractivity contribution >= 4 is 35.0 Å². The summed E-state index contributed by atoms with van der Waals surface area (Å²) in [6.45, 7) is 6.85. The quantitative estimate of drug-likeness (QED) is 0.355. The van der Waals surface area contributed by atoms with Crippen molar-refractivity contribution in [1.29, 1.82) is 0 Å². The van der Waals surface area contributed by atoms with Gasteiger partial charge in [0.05, 0.1) is 28.7 Å². The minimum atomic E-state index is -1.10. The highest BCUT2D eigenvalue weighted by atomic mass is 19.1. The van der Waals surface area contributed by atoms with E-state index < -0.39 is 35.5 Å². The number of piperidine rings is 2. The van der Waals surface area contributed by atoms with E-state index in [1.165, 1.54) is 21.9 Å². The fourth-order valence-corrected chi connectivity index (χ4v) is 7.70. The van der Waals surface area contributed by atoms with E-state index in [9.17, 15) is 24.0 Å². The number of likely N-dealkylation sites (N-methyl/N-ethyl adjacent to an activating group) is 1. The summed E-state index contributed by atoms with van der Waals surface area (Å²) in [5.41, 5.74) is 4.06. The summed E-state index contributed by atoms with van der Waals surface area (Å²) < 4.78 is 16.7. The largest absolute Gasteiger partial charge is 0.379 e. The maximum absolute atomic E-state index is 15.4. The van der Waals surface area contributed by atoms with Gasteiger partial charge in [0, 0.05) is 70.9 Å². The molecule has 4 amide bonds. The van der Waals surface area contributed by atoms with Crippen molar-refractivity contribution in [2.24, 2.45) is 7.05 Å². The van der Waals surface area contributed by atoms with Crippen LogP contribution in [0.25, 0.3) is 0 Å². The van der Waals surface area contributed by atoms with Gasteiger partial charge in [0.2, 0.25) is 11.8 Å². The number of hydrogen-bond donors (Lipinski definition) is 2. The minimum absolute atomic E-state index is 0.0201. The number of hydrogen-bond acceptors (Lipinski definition) is 10. The highest BCUT2D eigenvalue weighted by Crippen LogP contribution is 2.33. The van der Waals surface area contributed by atoms with Crippen LogP contribution in [0.15, 0.2) is 47.4 Å². The molecule has 2 aromatic carbocycles. The van der Waals surface area contributed by atoms with E-state index in [4.69, 9.17) is 0 Å². The van der Waals surface area contributed by atoms with Crippen LogP contribution in [0.4, 0.5) is 15.8 Å². The van der Waals surface area contributed by atoms with Crippen molar-refractivity contribution in [3.05, 3.63) is 86.6 Å². The lowest BCUT2D eigenvalue weighted by Crippen LogP contribution is -2.54. The summed E-state index contributed by atoms with van der Waals surface area (Å²) in [6, 6.07) is 10.3. The number of carbonyl (C=O) groups excluding carboxylic acids is 4. The molecule has 0 bridgehead atoms. The van der Waals surface area contributed by atoms with Crippen LogP contribution >= 0.6 is 0 Å². The van der Waals surface area contributed by atoms with E-state index in [1.54, 1.807) is 13.2 Å². The number of likely N-dealkylation sites (tertiary alicyclic amines) is 1. The smallest absolute Gasteiger partial charge is 0.271 e. The van der Waals surface area contributed by atoms with Gasteiger partial charge < -0.3 is 15.1 Å². The van der Waals surface area contributed by atoms with Gasteiger partial charge >= 0.3 is 0 Å². The fraction of sp³-hybridized carbons (Fsp3) is 0.444. The van der Waals surface area contributed by atoms with Gasteiger partial charge in [0.1, 0.15) is 11.9 Å². The highest BCUT2D eigenvalue weighted by Gasteiger charge is 2.45. The standard InChI is InChI=1S/C36H41FN8O5/c1-21-29(17-38-42(3)34(21)48)39-25-14-24(19-41(2)20-25)23-6-4-22(5-7-23)18-43-10-12-44(13-11-43)31-16-27-26(15-28(31)37)35(49)45(36(27)50)30-8-9-32(46)40-33(30)47/h4-7,15-17,24-25,30,39H,8-14,18-20H2,1-3H3,(H,40,46,47)/t24-,25+,30?/m0/s1. The highest BCUT2D eigenvalue weighted by molar-refractivity contribution is 6.23. The molecule has 2 N–H and O–H groups in total. The Hall–Kier alpha value is -4.95. The maximum Gasteiger partial charge on any atom is 0.271 e. The second-order valence-corrected chi connectivity index (χ2v) is 13.9. The van der Waals surface area contributed by atoms with Crippen LogP contribution in [-0.2, 0) is 23.2 Å². The van der Waals surface area contributed by atoms with E-state index in [-0.39, 0.29) is 41.3 Å². The second-order valence-electron chi connectivity index (χ2n) is 13.9. The lowest BCUT2D eigenvalue weighted by atomic mass is 9.87. The fourth-order valence-electron chi connectivity index (χ4n) is 7.70. The third-order valence-electron chi connectivity index (χ3n) is 10.4. The summed E-state index contributed by atoms with van der Waals surface area (Å²) in [5.74, 6) is -2.77. The van der Waals surface area contributed by atoms with E-state index in [1.807, 2.05) is 11.8 Å². The Labute approximate surface area is 289 Å². The van der Waals surface area contributed by atoms with Crippen LogP contribution in [0, 0.1) is 12.7 Å². The summed E-state index contributed by atoms with van der Waals surface area (Å²) in [6.07, 6.45) is 2.72. The molecule has 1 aromatic heterocycles. The van der Waals surface area contributed by atoms with E-state index in [2.05, 4.69) is 56.8 Å². The van der Waals surface area contributed by atoms with Crippen molar-refractivity contribution in [2.75, 3.05) is 56.5 Å². The van der Waals surface area contributed by atoms with Crippen LogP contribution < -0.4 is 21.1 Å². The number of nitrogens with one attached hydrogen (secondary N) is 2. The zero-order chi connectivity index (χ0) is 35.3. The van der Waals surface area contributed by atoms with Crippen molar-refractivity contribution in [2.45, 2.75) is 50.7 Å². The van der Waals surface area contributed by atoms with Gasteiger partial charge in [-0.15, -0.1) is 0 Å². The van der Waals surface area contributed by atoms with Gasteiger partial charge in [-0.1, -0.05) is 24.3 Å². The first-order valence-electron chi connectivity index (χ1n) is 17.1. The third-order valence-corrected chi connectivity index (χ3v) is 10.4. The number of halogens is 1. The van der Waals surface area contributed by atoms with Gasteiger partial charge in [0.15, 0.2) is 0 Å². The molecule has 5 heterocycles. The van der Waals surface area contributed by atoms with Gasteiger partial charge in [-0.05, 0) is 56.0 Å². The number of imide groups is 2. The Morgan fingerprint density at radius 2 is 1.64 bits per heavy atom. The lowest BCUT2D eigenvalue weighted by Gasteiger charge is -2.37. The van der Waals surface area contributed by atoms with Gasteiger partial charge in [0.25, 0.3) is 17.4 Å². The average molecular weight is 685 g/mol. The molecule has 0 radical (unpaired) electrons. The summed E-state index contributed by atoms with van der Waals surface area (Å²) >= 11 is 0. The molecule has 3 saturated heterocycles. The molecule has 0 saturated carbocycles. The molecular formula is C36H41FN8O5. The number of aryl methyl sites for hydroxylation is 1. The molecule has 0 spiro atoms. The first-order valence-corrected chi connectivity index (χ1v) is 17.1. The molecule has 13 nitrogen and oxygen atoms in total. The third kappa shape index (κ3) is 6.40. The summed E-state index contributed by atoms with van der Waals surface area (Å²) in [7, 11) is 3.77. The van der Waals surface area contributed by atoms with Crippen LogP contribution in [-0.4, -0.2) is 107 Å². The Bertz CT molecular complexity index is 1920. The zero-order valence-corrected chi connectivity index (χ0v) is 28.4. The molecule has 7 rings (SSSR count). The Kier molecular flexibility index (Phi) is 8.99. The first-order chi connectivity index (χ1) is 24.0. The van der Waals surface area contributed by atoms with Gasteiger partial charge in [-0.25, -0.2) is 9.07 Å². The van der Waals surface area contributed by atoms with E-state index in [0.29, 0.717) is 37.7 Å². The molecule has 14 heteroatoms. The van der Waals surface area contributed by atoms with Crippen molar-refractivity contribution < 1.29 is 23.6 Å². The second kappa shape index (κ2) is 13.4. The van der Waals surface area contributed by atoms with Gasteiger partial charge in [-0.3, -0.25) is 39.1 Å². The lowest BCUT2D eigenvalue weighted by molar-refractivity contribution is -0.136. The number of nitrogens with zero attached hydrogens (tertiary/aromatic N) is 6. The molecular weight excluding hydrogens is 643 g/mol. The average Bonchev–Trinajstić information content (AvgIpc) is 3.33. The molecule has 50 heavy (non-hydrogen) atoms. The number of piperazine rings is 1. The van der Waals surface area contributed by atoms with Crippen LogP contribution in [0.5, 0.6) is 0 Å². The molecule has 4 aliphatic heterocycles. The number of fused-ring (bicyclic) bond motifs is 1. The van der Waals surface area contributed by atoms with E-state index >= 15 is 4.39 Å². The van der Waals surface area contributed by atoms with Crippen molar-refractivity contribution in [3.8, 4) is 0 Å². The number of amides is 4. The maximum atomic E-state index is 15.4. The molecule has 3 fully saturated rings. The zero-order valence-electron chi connectivity index (χ0n) is 28.4. The van der Waals surface area contributed by atoms with E-state index in [0.717, 1.165) is 42.7 Å². The SMILES string of the molecule is Cc1c(N[C@@H]2C[C@H](c3ccc(CN4CCN(c5cc6c(cc5F)C(=O)N(C5CCC(=O)NC5=O)C6=O)CC4)cc3)CN(C)C2)cnn(C)c1=O. The number of anilines is 2. The topological polar surface area (TPSA) is 140 Å². The molecule has 0 aliphatic carbocycles. The number of aromatic nitrogens is 2. The Morgan fingerprint density at radius 1 is 0.940 bits per heavy atom. The van der Waals surface area contributed by atoms with Crippen LogP contribution in [0.2, 0.25) is 0 Å². The summed E-state index contributed by atoms with van der Waals surface area (Å²) in [5, 5.41) is 9.91. The number of rotatable bonds is 7. The van der Waals surface area contributed by atoms with Crippen molar-refractivity contribution in [1.82, 2.24) is 29.8 Å². The molecule has 3 atom stereocenters. The molecule has 3 aromatic rings. The molecule has 1 unspecified atom stereocenters. The van der Waals surface area contributed by atoms with Crippen LogP contribution in [0.1, 0.15) is 62.6 Å². The van der Waals surface area contributed by atoms with Gasteiger partial charge in [-0.2, -0.15) is 5.10 Å². The molecule has 262 valence electrons.